The number of nitrogens with one attached hydrogen (secondary N) is 1. The number of nitrogens with two attached hydrogens (primary N) is 1. The molecule has 0 aliphatic carbocycles. The van der Waals surface area contributed by atoms with Crippen molar-refractivity contribution in [3.8, 4) is 0 Å². The Morgan fingerprint density at radius 2 is 1.89 bits per heavy atom. The van der Waals surface area contributed by atoms with Crippen molar-refractivity contribution in [2.24, 2.45) is 5.84 Å². The molecule has 2 rings (SSSR count). The standard InChI is InChI=1S/C12H10Cl2F2N2S/c13-11-5-7(12(14)19-11)10(18-17)4-6-8(15)2-1-3-9(6)16/h1-3,5,10,18H,4,17H2. The van der Waals surface area contributed by atoms with Crippen molar-refractivity contribution in [2.75, 3.05) is 0 Å². The summed E-state index contributed by atoms with van der Waals surface area (Å²) in [6.45, 7) is 0. The molecule has 0 amide bonds. The number of hydrazine groups is 1. The van der Waals surface area contributed by atoms with E-state index in [-0.39, 0.29) is 12.0 Å². The maximum atomic E-state index is 13.6. The third kappa shape index (κ3) is 3.24. The van der Waals surface area contributed by atoms with Crippen LogP contribution in [0.25, 0.3) is 0 Å². The third-order valence-corrected chi connectivity index (χ3v) is 4.25. The molecule has 1 aromatic heterocycles. The summed E-state index contributed by atoms with van der Waals surface area (Å²) in [4.78, 5) is 0. The Kier molecular flexibility index (Phi) is 4.76. The van der Waals surface area contributed by atoms with Crippen molar-refractivity contribution in [1.82, 2.24) is 5.43 Å². The molecule has 102 valence electrons. The van der Waals surface area contributed by atoms with Gasteiger partial charge in [-0.3, -0.25) is 11.3 Å². The van der Waals surface area contributed by atoms with Crippen LogP contribution in [-0.2, 0) is 6.42 Å². The minimum Gasteiger partial charge on any atom is -0.271 e. The van der Waals surface area contributed by atoms with Crippen LogP contribution in [0.5, 0.6) is 0 Å². The fourth-order valence-electron chi connectivity index (χ4n) is 1.78. The van der Waals surface area contributed by atoms with Gasteiger partial charge in [0.15, 0.2) is 0 Å². The molecule has 0 saturated carbocycles. The Hall–Kier alpha value is -0.720. The molecule has 0 aliphatic heterocycles. The van der Waals surface area contributed by atoms with Gasteiger partial charge in [0.2, 0.25) is 0 Å². The Balaban J connectivity index is 2.32. The molecule has 0 saturated heterocycles. The second-order valence-corrected chi connectivity index (χ2v) is 6.19. The minimum absolute atomic E-state index is 0.0381. The first-order chi connectivity index (χ1) is 9.02. The first kappa shape index (κ1) is 14.7. The highest BCUT2D eigenvalue weighted by atomic mass is 35.5. The number of benzene rings is 1. The Labute approximate surface area is 123 Å². The van der Waals surface area contributed by atoms with Gasteiger partial charge in [-0.2, -0.15) is 0 Å². The van der Waals surface area contributed by atoms with Crippen molar-refractivity contribution >= 4 is 34.5 Å². The van der Waals surface area contributed by atoms with Gasteiger partial charge < -0.3 is 0 Å². The number of halogens is 4. The average Bonchev–Trinajstić information content (AvgIpc) is 2.68. The van der Waals surface area contributed by atoms with Crippen molar-refractivity contribution in [1.29, 1.82) is 0 Å². The van der Waals surface area contributed by atoms with Crippen LogP contribution in [0.15, 0.2) is 24.3 Å². The Morgan fingerprint density at radius 3 is 2.37 bits per heavy atom. The molecule has 19 heavy (non-hydrogen) atoms. The summed E-state index contributed by atoms with van der Waals surface area (Å²) in [6.07, 6.45) is 0.0434. The highest BCUT2D eigenvalue weighted by Gasteiger charge is 2.20. The molecule has 1 atom stereocenters. The van der Waals surface area contributed by atoms with Crippen LogP contribution in [0, 0.1) is 11.6 Å². The summed E-state index contributed by atoms with van der Waals surface area (Å²) < 4.78 is 28.2. The lowest BCUT2D eigenvalue weighted by Crippen LogP contribution is -2.30. The van der Waals surface area contributed by atoms with Gasteiger partial charge in [-0.1, -0.05) is 29.3 Å². The van der Waals surface area contributed by atoms with E-state index in [1.54, 1.807) is 6.07 Å². The smallest absolute Gasteiger partial charge is 0.129 e. The number of thiophene rings is 1. The first-order valence-corrected chi connectivity index (χ1v) is 6.94. The third-order valence-electron chi connectivity index (χ3n) is 2.73. The van der Waals surface area contributed by atoms with Crippen LogP contribution in [-0.4, -0.2) is 0 Å². The molecule has 2 aromatic rings. The van der Waals surface area contributed by atoms with Crippen molar-refractivity contribution in [2.45, 2.75) is 12.5 Å². The topological polar surface area (TPSA) is 38.0 Å². The van der Waals surface area contributed by atoms with E-state index in [1.807, 2.05) is 0 Å². The second-order valence-electron chi connectivity index (χ2n) is 3.90. The van der Waals surface area contributed by atoms with E-state index in [0.29, 0.717) is 14.2 Å². The number of hydrogen-bond donors (Lipinski definition) is 2. The zero-order chi connectivity index (χ0) is 14.0. The maximum Gasteiger partial charge on any atom is 0.129 e. The summed E-state index contributed by atoms with van der Waals surface area (Å²) in [5.41, 5.74) is 3.09. The fraction of sp³-hybridized carbons (Fsp3) is 0.167. The maximum absolute atomic E-state index is 13.6. The van der Waals surface area contributed by atoms with Crippen LogP contribution >= 0.6 is 34.5 Å². The highest BCUT2D eigenvalue weighted by molar-refractivity contribution is 7.20. The predicted molar refractivity (Wildman–Crippen MR) is 74.5 cm³/mol. The van der Waals surface area contributed by atoms with Crippen LogP contribution in [0.1, 0.15) is 17.2 Å². The van der Waals surface area contributed by atoms with Gasteiger partial charge in [0, 0.05) is 11.1 Å². The molecular formula is C12H10Cl2F2N2S. The molecule has 0 fully saturated rings. The van der Waals surface area contributed by atoms with Gasteiger partial charge in [-0.25, -0.2) is 8.78 Å². The summed E-state index contributed by atoms with van der Waals surface area (Å²) in [6, 6.07) is 4.84. The van der Waals surface area contributed by atoms with E-state index in [2.05, 4.69) is 5.43 Å². The fourth-order valence-corrected chi connectivity index (χ4v) is 3.36. The van der Waals surface area contributed by atoms with Gasteiger partial charge in [-0.05, 0) is 24.6 Å². The number of rotatable bonds is 4. The molecule has 1 unspecified atom stereocenters. The average molecular weight is 323 g/mol. The van der Waals surface area contributed by atoms with E-state index < -0.39 is 17.7 Å². The zero-order valence-electron chi connectivity index (χ0n) is 9.59. The van der Waals surface area contributed by atoms with Gasteiger partial charge in [-0.15, -0.1) is 11.3 Å². The van der Waals surface area contributed by atoms with Crippen LogP contribution in [0.2, 0.25) is 8.67 Å². The van der Waals surface area contributed by atoms with Crippen molar-refractivity contribution in [3.05, 3.63) is 55.7 Å². The largest absolute Gasteiger partial charge is 0.271 e. The van der Waals surface area contributed by atoms with Crippen LogP contribution < -0.4 is 11.3 Å². The van der Waals surface area contributed by atoms with Gasteiger partial charge in [0.25, 0.3) is 0 Å². The molecule has 2 nitrogen and oxygen atoms in total. The lowest BCUT2D eigenvalue weighted by molar-refractivity contribution is 0.501. The molecule has 1 aromatic carbocycles. The molecule has 0 radical (unpaired) electrons. The van der Waals surface area contributed by atoms with E-state index in [1.165, 1.54) is 29.5 Å². The highest BCUT2D eigenvalue weighted by Crippen LogP contribution is 2.36. The minimum atomic E-state index is -0.613. The molecule has 0 aliphatic rings. The summed E-state index contributed by atoms with van der Waals surface area (Å²) in [5.74, 6) is 4.21. The first-order valence-electron chi connectivity index (χ1n) is 5.36. The molecule has 1 heterocycles. The molecule has 3 N–H and O–H groups in total. The summed E-state index contributed by atoms with van der Waals surface area (Å²) in [7, 11) is 0. The normalized spacial score (nSPS) is 12.7. The number of hydrogen-bond acceptors (Lipinski definition) is 3. The second kappa shape index (κ2) is 6.15. The van der Waals surface area contributed by atoms with Crippen LogP contribution in [0.3, 0.4) is 0 Å². The van der Waals surface area contributed by atoms with Gasteiger partial charge >= 0.3 is 0 Å². The monoisotopic (exact) mass is 322 g/mol. The molecule has 7 heteroatoms. The zero-order valence-corrected chi connectivity index (χ0v) is 11.9. The summed E-state index contributed by atoms with van der Waals surface area (Å²) in [5, 5.41) is 0. The van der Waals surface area contributed by atoms with E-state index >= 15 is 0 Å². The quantitative estimate of drug-likeness (QED) is 0.657. The van der Waals surface area contributed by atoms with Gasteiger partial charge in [0.05, 0.1) is 14.7 Å². The predicted octanol–water partition coefficient (Wildman–Crippen LogP) is 4.08. The van der Waals surface area contributed by atoms with E-state index in [4.69, 9.17) is 29.0 Å². The lowest BCUT2D eigenvalue weighted by atomic mass is 10.0. The Morgan fingerprint density at radius 1 is 1.26 bits per heavy atom. The van der Waals surface area contributed by atoms with Crippen LogP contribution in [0.4, 0.5) is 8.78 Å². The van der Waals surface area contributed by atoms with E-state index in [9.17, 15) is 8.78 Å². The lowest BCUT2D eigenvalue weighted by Gasteiger charge is -2.16. The SMILES string of the molecule is NNC(Cc1c(F)cccc1F)c1cc(Cl)sc1Cl. The molecule has 0 bridgehead atoms. The van der Waals surface area contributed by atoms with Gasteiger partial charge in [0.1, 0.15) is 11.6 Å². The molecular weight excluding hydrogens is 313 g/mol. The molecule has 0 spiro atoms. The Bertz CT molecular complexity index is 569. The van der Waals surface area contributed by atoms with Crippen molar-refractivity contribution < 1.29 is 8.78 Å². The van der Waals surface area contributed by atoms with Crippen molar-refractivity contribution in [3.63, 3.8) is 0 Å². The summed E-state index contributed by atoms with van der Waals surface area (Å²) >= 11 is 13.0. The van der Waals surface area contributed by atoms with E-state index in [0.717, 1.165) is 0 Å².